The first-order chi connectivity index (χ1) is 10.1. The van der Waals surface area contributed by atoms with Crippen molar-refractivity contribution in [2.75, 3.05) is 5.75 Å². The summed E-state index contributed by atoms with van der Waals surface area (Å²) in [6.07, 6.45) is 3.62. The SMILES string of the molecule is CCCc1nnc(SCC(=O)O)n1Cc1ccc(C)nc1. The minimum Gasteiger partial charge on any atom is -0.481 e. The third-order valence-corrected chi connectivity index (χ3v) is 3.86. The molecule has 21 heavy (non-hydrogen) atoms. The third-order valence-electron chi connectivity index (χ3n) is 2.91. The van der Waals surface area contributed by atoms with Gasteiger partial charge in [0.15, 0.2) is 5.16 Å². The van der Waals surface area contributed by atoms with Gasteiger partial charge >= 0.3 is 5.97 Å². The molecule has 2 heterocycles. The lowest BCUT2D eigenvalue weighted by Gasteiger charge is -2.09. The minimum absolute atomic E-state index is 0.0175. The topological polar surface area (TPSA) is 80.9 Å². The number of pyridine rings is 1. The van der Waals surface area contributed by atoms with Gasteiger partial charge in [0, 0.05) is 18.3 Å². The molecule has 0 aliphatic carbocycles. The van der Waals surface area contributed by atoms with Gasteiger partial charge in [-0.25, -0.2) is 0 Å². The van der Waals surface area contributed by atoms with Crippen LogP contribution in [0.2, 0.25) is 0 Å². The zero-order chi connectivity index (χ0) is 15.2. The zero-order valence-corrected chi connectivity index (χ0v) is 12.9. The van der Waals surface area contributed by atoms with Crippen LogP contribution < -0.4 is 0 Å². The van der Waals surface area contributed by atoms with E-state index in [2.05, 4.69) is 22.1 Å². The molecular formula is C14H18N4O2S. The van der Waals surface area contributed by atoms with Crippen molar-refractivity contribution in [3.63, 3.8) is 0 Å². The zero-order valence-electron chi connectivity index (χ0n) is 12.1. The number of carbonyl (C=O) groups is 1. The molecular weight excluding hydrogens is 288 g/mol. The van der Waals surface area contributed by atoms with Crippen LogP contribution in [0.3, 0.4) is 0 Å². The van der Waals surface area contributed by atoms with E-state index in [0.717, 1.165) is 29.9 Å². The molecule has 0 bridgehead atoms. The number of rotatable bonds is 7. The summed E-state index contributed by atoms with van der Waals surface area (Å²) in [5.74, 6) is 0.00528. The smallest absolute Gasteiger partial charge is 0.313 e. The second-order valence-corrected chi connectivity index (χ2v) is 5.67. The number of carboxylic acid groups (broad SMARTS) is 1. The number of carboxylic acids is 1. The molecule has 0 atom stereocenters. The molecule has 0 aliphatic rings. The fourth-order valence-electron chi connectivity index (χ4n) is 1.89. The number of thioether (sulfide) groups is 1. The Labute approximate surface area is 127 Å². The van der Waals surface area contributed by atoms with Crippen molar-refractivity contribution in [2.24, 2.45) is 0 Å². The number of aromatic nitrogens is 4. The highest BCUT2D eigenvalue weighted by atomic mass is 32.2. The molecule has 7 heteroatoms. The maximum absolute atomic E-state index is 10.7. The maximum Gasteiger partial charge on any atom is 0.313 e. The molecule has 0 fully saturated rings. The largest absolute Gasteiger partial charge is 0.481 e. The Kier molecular flexibility index (Phi) is 5.32. The Hall–Kier alpha value is -1.89. The maximum atomic E-state index is 10.7. The van der Waals surface area contributed by atoms with Crippen LogP contribution in [0.15, 0.2) is 23.5 Å². The summed E-state index contributed by atoms with van der Waals surface area (Å²) in [7, 11) is 0. The second kappa shape index (κ2) is 7.21. The molecule has 0 amide bonds. The van der Waals surface area contributed by atoms with Crippen molar-refractivity contribution >= 4 is 17.7 Å². The normalized spacial score (nSPS) is 10.8. The summed E-state index contributed by atoms with van der Waals surface area (Å²) in [5, 5.41) is 17.7. The quantitative estimate of drug-likeness (QED) is 0.790. The highest BCUT2D eigenvalue weighted by Crippen LogP contribution is 2.19. The minimum atomic E-state index is -0.858. The van der Waals surface area contributed by atoms with Gasteiger partial charge in [0.05, 0.1) is 12.3 Å². The van der Waals surface area contributed by atoms with Crippen molar-refractivity contribution in [3.8, 4) is 0 Å². The van der Waals surface area contributed by atoms with Crippen LogP contribution in [0, 0.1) is 6.92 Å². The molecule has 0 aliphatic heterocycles. The molecule has 6 nitrogen and oxygen atoms in total. The van der Waals surface area contributed by atoms with Gasteiger partial charge in [0.25, 0.3) is 0 Å². The van der Waals surface area contributed by atoms with E-state index in [0.29, 0.717) is 11.7 Å². The van der Waals surface area contributed by atoms with Gasteiger partial charge in [0.1, 0.15) is 5.82 Å². The molecule has 0 aromatic carbocycles. The van der Waals surface area contributed by atoms with Crippen LogP contribution in [-0.2, 0) is 17.8 Å². The first-order valence-electron chi connectivity index (χ1n) is 6.78. The first-order valence-corrected chi connectivity index (χ1v) is 7.77. The molecule has 112 valence electrons. The van der Waals surface area contributed by atoms with Gasteiger partial charge in [-0.3, -0.25) is 9.78 Å². The summed E-state index contributed by atoms with van der Waals surface area (Å²) >= 11 is 1.19. The molecule has 0 saturated carbocycles. The summed E-state index contributed by atoms with van der Waals surface area (Å²) in [6, 6.07) is 3.98. The van der Waals surface area contributed by atoms with Crippen molar-refractivity contribution in [2.45, 2.75) is 38.4 Å². The second-order valence-electron chi connectivity index (χ2n) is 4.73. The predicted octanol–water partition coefficient (Wildman–Crippen LogP) is 2.16. The molecule has 0 saturated heterocycles. The summed E-state index contributed by atoms with van der Waals surface area (Å²) in [6.45, 7) is 4.63. The summed E-state index contributed by atoms with van der Waals surface area (Å²) in [5.41, 5.74) is 2.02. The molecule has 0 unspecified atom stereocenters. The van der Waals surface area contributed by atoms with E-state index in [9.17, 15) is 4.79 Å². The van der Waals surface area contributed by atoms with Gasteiger partial charge in [-0.2, -0.15) is 0 Å². The Morgan fingerprint density at radius 1 is 1.38 bits per heavy atom. The van der Waals surface area contributed by atoms with E-state index in [1.165, 1.54) is 11.8 Å². The van der Waals surface area contributed by atoms with Crippen molar-refractivity contribution in [1.82, 2.24) is 19.7 Å². The van der Waals surface area contributed by atoms with Crippen LogP contribution in [0.1, 0.15) is 30.4 Å². The lowest BCUT2D eigenvalue weighted by Crippen LogP contribution is -2.08. The number of hydrogen-bond acceptors (Lipinski definition) is 5. The molecule has 0 spiro atoms. The fourth-order valence-corrected chi connectivity index (χ4v) is 2.57. The lowest BCUT2D eigenvalue weighted by atomic mass is 10.2. The van der Waals surface area contributed by atoms with Crippen molar-refractivity contribution in [3.05, 3.63) is 35.4 Å². The fraction of sp³-hybridized carbons (Fsp3) is 0.429. The Morgan fingerprint density at radius 2 is 2.19 bits per heavy atom. The van der Waals surface area contributed by atoms with Crippen molar-refractivity contribution in [1.29, 1.82) is 0 Å². The van der Waals surface area contributed by atoms with Crippen LogP contribution in [0.5, 0.6) is 0 Å². The standard InChI is InChI=1S/C14H18N4O2S/c1-3-4-12-16-17-14(21-9-13(19)20)18(12)8-11-6-5-10(2)15-7-11/h5-7H,3-4,8-9H2,1-2H3,(H,19,20). The van der Waals surface area contributed by atoms with Crippen LogP contribution in [-0.4, -0.2) is 36.6 Å². The van der Waals surface area contributed by atoms with Crippen LogP contribution >= 0.6 is 11.8 Å². The molecule has 2 rings (SSSR count). The average Bonchev–Trinajstić information content (AvgIpc) is 2.82. The van der Waals surface area contributed by atoms with Crippen LogP contribution in [0.25, 0.3) is 0 Å². The Bertz CT molecular complexity index is 610. The van der Waals surface area contributed by atoms with Crippen molar-refractivity contribution < 1.29 is 9.90 Å². The monoisotopic (exact) mass is 306 g/mol. The van der Waals surface area contributed by atoms with E-state index in [1.807, 2.05) is 29.8 Å². The molecule has 2 aromatic rings. The molecule has 1 N–H and O–H groups in total. The Morgan fingerprint density at radius 3 is 2.81 bits per heavy atom. The van der Waals surface area contributed by atoms with Gasteiger partial charge in [-0.1, -0.05) is 24.8 Å². The van der Waals surface area contributed by atoms with Gasteiger partial charge in [-0.05, 0) is 25.0 Å². The van der Waals surface area contributed by atoms with E-state index in [-0.39, 0.29) is 5.75 Å². The predicted molar refractivity (Wildman–Crippen MR) is 80.5 cm³/mol. The number of hydrogen-bond donors (Lipinski definition) is 1. The highest BCUT2D eigenvalue weighted by Gasteiger charge is 2.14. The number of nitrogens with zero attached hydrogens (tertiary/aromatic N) is 4. The highest BCUT2D eigenvalue weighted by molar-refractivity contribution is 7.99. The van der Waals surface area contributed by atoms with Gasteiger partial charge in [0.2, 0.25) is 0 Å². The third kappa shape index (κ3) is 4.29. The molecule has 2 aromatic heterocycles. The Balaban J connectivity index is 2.22. The number of aryl methyl sites for hydroxylation is 2. The average molecular weight is 306 g/mol. The van der Waals surface area contributed by atoms with E-state index < -0.39 is 5.97 Å². The van der Waals surface area contributed by atoms with E-state index >= 15 is 0 Å². The number of aliphatic carboxylic acids is 1. The van der Waals surface area contributed by atoms with Crippen LogP contribution in [0.4, 0.5) is 0 Å². The van der Waals surface area contributed by atoms with E-state index in [1.54, 1.807) is 0 Å². The van der Waals surface area contributed by atoms with E-state index in [4.69, 9.17) is 5.11 Å². The summed E-state index contributed by atoms with van der Waals surface area (Å²) < 4.78 is 1.98. The molecule has 0 radical (unpaired) electrons. The van der Waals surface area contributed by atoms with Gasteiger partial charge in [-0.15, -0.1) is 10.2 Å². The summed E-state index contributed by atoms with van der Waals surface area (Å²) in [4.78, 5) is 15.0. The van der Waals surface area contributed by atoms with Gasteiger partial charge < -0.3 is 9.67 Å². The lowest BCUT2D eigenvalue weighted by molar-refractivity contribution is -0.133. The first kappa shape index (κ1) is 15.5.